The second-order valence-electron chi connectivity index (χ2n) is 18.7. The normalized spacial score (nSPS) is 18.7. The van der Waals surface area contributed by atoms with Crippen molar-refractivity contribution in [3.8, 4) is 0 Å². The van der Waals surface area contributed by atoms with E-state index in [9.17, 15) is 63.0 Å². The number of amides is 10. The number of hydrogen-bond donors (Lipinski definition) is 12. The molecular formula is C45H77N11O13. The number of likely N-dealkylation sites (tertiary alicyclic amines) is 1. The van der Waals surface area contributed by atoms with E-state index in [0.717, 1.165) is 19.3 Å². The van der Waals surface area contributed by atoms with Gasteiger partial charge in [0.05, 0.1) is 25.7 Å². The van der Waals surface area contributed by atoms with Gasteiger partial charge in [-0.05, 0) is 69.6 Å². The number of rotatable bonds is 31. The van der Waals surface area contributed by atoms with Crippen LogP contribution in [-0.2, 0) is 52.7 Å². The molecule has 0 unspecified atom stereocenters. The van der Waals surface area contributed by atoms with E-state index in [2.05, 4.69) is 47.9 Å². The van der Waals surface area contributed by atoms with E-state index in [1.165, 1.54) is 11.8 Å². The van der Waals surface area contributed by atoms with E-state index in [1.807, 2.05) is 6.92 Å². The van der Waals surface area contributed by atoms with Crippen LogP contribution in [0.15, 0.2) is 0 Å². The topological polar surface area (TPSA) is 366 Å². The molecule has 2 aliphatic rings. The van der Waals surface area contributed by atoms with Crippen LogP contribution in [0.3, 0.4) is 0 Å². The van der Waals surface area contributed by atoms with Gasteiger partial charge in [-0.2, -0.15) is 0 Å². The first-order chi connectivity index (χ1) is 32.6. The summed E-state index contributed by atoms with van der Waals surface area (Å²) in [6, 6.07) is -7.50. The number of primary amides is 1. The van der Waals surface area contributed by atoms with E-state index in [0.29, 0.717) is 32.2 Å². The van der Waals surface area contributed by atoms with Gasteiger partial charge in [-0.3, -0.25) is 47.9 Å². The predicted octanol–water partition coefficient (Wildman–Crippen LogP) is -2.85. The van der Waals surface area contributed by atoms with Gasteiger partial charge in [-0.15, -0.1) is 0 Å². The van der Waals surface area contributed by atoms with Crippen LogP contribution >= 0.6 is 0 Å². The van der Waals surface area contributed by atoms with Gasteiger partial charge in [0, 0.05) is 26.1 Å². The maximum atomic E-state index is 13.5. The Morgan fingerprint density at radius 2 is 1.26 bits per heavy atom. The largest absolute Gasteiger partial charge is 0.480 e. The molecule has 2 rings (SSSR count). The zero-order valence-corrected chi connectivity index (χ0v) is 40.9. The average Bonchev–Trinajstić information content (AvgIpc) is 3.99. The van der Waals surface area contributed by atoms with Gasteiger partial charge in [0.15, 0.2) is 0 Å². The average molecular weight is 980 g/mol. The molecule has 2 fully saturated rings. The monoisotopic (exact) mass is 980 g/mol. The van der Waals surface area contributed by atoms with Gasteiger partial charge >= 0.3 is 5.97 Å². The third-order valence-corrected chi connectivity index (χ3v) is 11.7. The molecule has 24 heteroatoms. The highest BCUT2D eigenvalue weighted by atomic mass is 16.4. The Bertz CT molecular complexity index is 1800. The van der Waals surface area contributed by atoms with Crippen LogP contribution < -0.4 is 53.6 Å². The van der Waals surface area contributed by atoms with E-state index in [-0.39, 0.29) is 63.0 Å². The molecule has 2 heterocycles. The number of aliphatic hydroxyl groups excluding tert-OH is 1. The minimum atomic E-state index is -1.34. The van der Waals surface area contributed by atoms with Crippen molar-refractivity contribution in [2.45, 2.75) is 161 Å². The number of hydrogen-bond acceptors (Lipinski definition) is 13. The number of nitrogens with two attached hydrogens (primary N) is 1. The lowest BCUT2D eigenvalue weighted by Crippen LogP contribution is -2.57. The minimum Gasteiger partial charge on any atom is -0.480 e. The van der Waals surface area contributed by atoms with Gasteiger partial charge in [-0.25, -0.2) is 4.79 Å². The Kier molecular flexibility index (Phi) is 26.2. The van der Waals surface area contributed by atoms with E-state index < -0.39 is 127 Å². The number of carboxylic acid groups (broad SMARTS) is 1. The standard InChI is InChI=1S/C45H77N11O13/c1-7-8-9-10-12-30(45(68)69)54-44(67)34-13-11-16-56(34)38(61)23-50-39(62)27(6)51-43(66)33(18-26(4)5)53-37(60)22-49-41(64)32(17-25(2)3)55-42(65)29(14-15-35(46)58)52-36(59)21-48-40(63)31-19-28(24-57)20-47-31/h25-34,47,57H,7-24H2,1-6H3,(H2,46,58)(H,48,63)(H,49,64)(H,50,62)(H,51,66)(H,52,59)(H,53,60)(H,54,67)(H,55,65)(H,68,69)/t27-,28+,29-,30-,31-,32-,33-,34-/m0/s1. The highest BCUT2D eigenvalue weighted by molar-refractivity contribution is 5.97. The smallest absolute Gasteiger partial charge is 0.326 e. The van der Waals surface area contributed by atoms with Gasteiger partial charge in [0.25, 0.3) is 0 Å². The summed E-state index contributed by atoms with van der Waals surface area (Å²) in [6.07, 6.45) is 4.52. The molecule has 0 spiro atoms. The van der Waals surface area contributed by atoms with Crippen LogP contribution in [0.4, 0.5) is 0 Å². The Hall–Kier alpha value is -5.91. The number of aliphatic hydroxyl groups is 1. The van der Waals surface area contributed by atoms with Crippen molar-refractivity contribution in [2.24, 2.45) is 23.5 Å². The molecule has 0 radical (unpaired) electrons. The fraction of sp³-hybridized carbons (Fsp3) is 0.756. The van der Waals surface area contributed by atoms with E-state index >= 15 is 0 Å². The fourth-order valence-corrected chi connectivity index (χ4v) is 7.89. The summed E-state index contributed by atoms with van der Waals surface area (Å²) in [5.74, 6) is -8.51. The molecule has 0 aromatic heterocycles. The number of unbranched alkanes of at least 4 members (excludes halogenated alkanes) is 3. The van der Waals surface area contributed by atoms with Crippen molar-refractivity contribution in [1.82, 2.24) is 52.8 Å². The zero-order valence-electron chi connectivity index (χ0n) is 40.9. The number of nitrogens with zero attached hydrogens (tertiary/aromatic N) is 1. The molecule has 69 heavy (non-hydrogen) atoms. The van der Waals surface area contributed by atoms with Gasteiger partial charge < -0.3 is 68.7 Å². The molecule has 0 bridgehead atoms. The van der Waals surface area contributed by atoms with Crippen LogP contribution in [0.2, 0.25) is 0 Å². The van der Waals surface area contributed by atoms with Crippen LogP contribution in [-0.4, -0.2) is 162 Å². The Morgan fingerprint density at radius 3 is 1.84 bits per heavy atom. The van der Waals surface area contributed by atoms with E-state index in [4.69, 9.17) is 5.73 Å². The molecule has 2 aliphatic heterocycles. The molecular weight excluding hydrogens is 903 g/mol. The second-order valence-corrected chi connectivity index (χ2v) is 18.7. The molecule has 0 aromatic rings. The number of carbonyl (C=O) groups is 11. The van der Waals surface area contributed by atoms with Crippen molar-refractivity contribution in [1.29, 1.82) is 0 Å². The van der Waals surface area contributed by atoms with Crippen LogP contribution in [0.1, 0.15) is 119 Å². The van der Waals surface area contributed by atoms with Gasteiger partial charge in [0.1, 0.15) is 36.3 Å². The summed E-state index contributed by atoms with van der Waals surface area (Å²) in [5.41, 5.74) is 5.30. The molecule has 0 aromatic carbocycles. The Labute approximate surface area is 403 Å². The number of carbonyl (C=O) groups excluding carboxylic acids is 10. The summed E-state index contributed by atoms with van der Waals surface area (Å²) in [4.78, 5) is 143. The van der Waals surface area contributed by atoms with Crippen molar-refractivity contribution in [2.75, 3.05) is 39.3 Å². The SMILES string of the molecule is CCCCCC[C@H](NC(=O)[C@@H]1CCCN1C(=O)CNC(=O)[C@H](C)NC(=O)[C@H](CC(C)C)NC(=O)CNC(=O)[C@H](CC(C)C)NC(=O)[C@H](CCC(N)=O)NC(=O)CNC(=O)[C@@H]1C[C@@H](CO)CN1)C(=O)O. The fourth-order valence-electron chi connectivity index (χ4n) is 7.89. The molecule has 24 nitrogen and oxygen atoms in total. The van der Waals surface area contributed by atoms with Crippen LogP contribution in [0.5, 0.6) is 0 Å². The van der Waals surface area contributed by atoms with Gasteiger partial charge in [-0.1, -0.05) is 60.3 Å². The lowest BCUT2D eigenvalue weighted by molar-refractivity contribution is -0.144. The Morgan fingerprint density at radius 1 is 0.667 bits per heavy atom. The van der Waals surface area contributed by atoms with Crippen molar-refractivity contribution in [3.63, 3.8) is 0 Å². The molecule has 10 amide bonds. The number of nitrogens with one attached hydrogen (secondary N) is 9. The van der Waals surface area contributed by atoms with E-state index in [1.54, 1.807) is 27.7 Å². The molecule has 2 saturated heterocycles. The summed E-state index contributed by atoms with van der Waals surface area (Å²) >= 11 is 0. The van der Waals surface area contributed by atoms with Crippen LogP contribution in [0, 0.1) is 17.8 Å². The predicted molar refractivity (Wildman–Crippen MR) is 250 cm³/mol. The lowest BCUT2D eigenvalue weighted by atomic mass is 10.0. The summed E-state index contributed by atoms with van der Waals surface area (Å²) in [7, 11) is 0. The maximum Gasteiger partial charge on any atom is 0.326 e. The zero-order chi connectivity index (χ0) is 51.8. The first-order valence-corrected chi connectivity index (χ1v) is 24.0. The first-order valence-electron chi connectivity index (χ1n) is 24.0. The van der Waals surface area contributed by atoms with Crippen LogP contribution in [0.25, 0.3) is 0 Å². The quantitative estimate of drug-likeness (QED) is 0.0312. The Balaban J connectivity index is 1.97. The summed E-state index contributed by atoms with van der Waals surface area (Å²) in [6.45, 7) is 9.51. The second kappa shape index (κ2) is 30.6. The van der Waals surface area contributed by atoms with Gasteiger partial charge in [0.2, 0.25) is 59.1 Å². The molecule has 0 saturated carbocycles. The molecule has 0 aliphatic carbocycles. The first kappa shape index (κ1) is 59.2. The maximum absolute atomic E-state index is 13.5. The third kappa shape index (κ3) is 21.9. The highest BCUT2D eigenvalue weighted by Gasteiger charge is 2.37. The highest BCUT2D eigenvalue weighted by Crippen LogP contribution is 2.19. The van der Waals surface area contributed by atoms with Crippen molar-refractivity contribution in [3.05, 3.63) is 0 Å². The number of carboxylic acids is 1. The summed E-state index contributed by atoms with van der Waals surface area (Å²) in [5, 5.41) is 42.0. The minimum absolute atomic E-state index is 0.0965. The van der Waals surface area contributed by atoms with Crippen molar-refractivity contribution >= 4 is 65.0 Å². The molecule has 390 valence electrons. The number of aliphatic carboxylic acids is 1. The molecule has 13 N–H and O–H groups in total. The third-order valence-electron chi connectivity index (χ3n) is 11.7. The lowest BCUT2D eigenvalue weighted by Gasteiger charge is -2.26. The van der Waals surface area contributed by atoms with Crippen molar-refractivity contribution < 1.29 is 63.0 Å². The summed E-state index contributed by atoms with van der Waals surface area (Å²) < 4.78 is 0. The molecule has 8 atom stereocenters.